The van der Waals surface area contributed by atoms with Gasteiger partial charge in [-0.1, -0.05) is 12.1 Å². The summed E-state index contributed by atoms with van der Waals surface area (Å²) >= 11 is 0. The minimum atomic E-state index is -0.532. The fourth-order valence-corrected chi connectivity index (χ4v) is 1.60. The lowest BCUT2D eigenvalue weighted by Crippen LogP contribution is -2.06. The van der Waals surface area contributed by atoms with Crippen molar-refractivity contribution in [3.05, 3.63) is 36.0 Å². The maximum absolute atomic E-state index is 11.4. The number of nitrogens with two attached hydrogens (primary N) is 1. The van der Waals surface area contributed by atoms with Gasteiger partial charge in [0.2, 0.25) is 0 Å². The number of carbonyl (C=O) groups is 1. The average Bonchev–Trinajstić information content (AvgIpc) is 2.79. The number of benzene rings is 1. The number of nitrogens with zero attached hydrogens (tertiary/aromatic N) is 2. The Hall–Kier alpha value is -2.50. The van der Waals surface area contributed by atoms with E-state index in [0.29, 0.717) is 17.3 Å². The maximum atomic E-state index is 11.4. The monoisotopic (exact) mass is 247 g/mol. The summed E-state index contributed by atoms with van der Waals surface area (Å²) in [5.74, 6) is 0.416. The summed E-state index contributed by atoms with van der Waals surface area (Å²) in [6, 6.07) is 8.70. The first kappa shape index (κ1) is 12.0. The molecule has 0 aliphatic carbocycles. The number of ether oxygens (including phenoxy) is 2. The van der Waals surface area contributed by atoms with Crippen LogP contribution in [0.15, 0.2) is 30.3 Å². The third-order valence-electron chi connectivity index (χ3n) is 2.44. The van der Waals surface area contributed by atoms with E-state index in [2.05, 4.69) is 9.84 Å². The largest absolute Gasteiger partial charge is 0.494 e. The number of nitrogen functional groups attached to an aromatic ring is 1. The SMILES string of the molecule is COC(=O)c1cc(N)n(-c2ccccc2OC)n1. The molecule has 1 aromatic carbocycles. The zero-order valence-corrected chi connectivity index (χ0v) is 10.1. The van der Waals surface area contributed by atoms with Gasteiger partial charge in [0.05, 0.1) is 14.2 Å². The second-order valence-electron chi connectivity index (χ2n) is 3.53. The molecule has 0 radical (unpaired) electrons. The van der Waals surface area contributed by atoms with E-state index in [4.69, 9.17) is 10.5 Å². The summed E-state index contributed by atoms with van der Waals surface area (Å²) in [7, 11) is 2.85. The number of carbonyl (C=O) groups excluding carboxylic acids is 1. The van der Waals surface area contributed by atoms with Gasteiger partial charge in [-0.05, 0) is 12.1 Å². The number of hydrogen-bond donors (Lipinski definition) is 1. The molecule has 0 amide bonds. The second-order valence-corrected chi connectivity index (χ2v) is 3.53. The number of para-hydroxylation sites is 2. The van der Waals surface area contributed by atoms with Gasteiger partial charge in [-0.3, -0.25) is 0 Å². The first-order valence-electron chi connectivity index (χ1n) is 5.24. The van der Waals surface area contributed by atoms with E-state index < -0.39 is 5.97 Å². The van der Waals surface area contributed by atoms with Crippen molar-refractivity contribution in [2.45, 2.75) is 0 Å². The summed E-state index contributed by atoms with van der Waals surface area (Å²) in [5.41, 5.74) is 6.64. The number of methoxy groups -OCH3 is 2. The Balaban J connectivity index is 2.51. The van der Waals surface area contributed by atoms with Gasteiger partial charge in [0.15, 0.2) is 5.69 Å². The van der Waals surface area contributed by atoms with Crippen molar-refractivity contribution in [1.29, 1.82) is 0 Å². The van der Waals surface area contributed by atoms with Crippen LogP contribution in [0.4, 0.5) is 5.82 Å². The Labute approximate surface area is 104 Å². The van der Waals surface area contributed by atoms with E-state index in [0.717, 1.165) is 0 Å². The van der Waals surface area contributed by atoms with Gasteiger partial charge in [0, 0.05) is 6.07 Å². The van der Waals surface area contributed by atoms with Crippen LogP contribution in [-0.2, 0) is 4.74 Å². The predicted molar refractivity (Wildman–Crippen MR) is 65.9 cm³/mol. The fraction of sp³-hybridized carbons (Fsp3) is 0.167. The quantitative estimate of drug-likeness (QED) is 0.826. The Kier molecular flexibility index (Phi) is 3.18. The lowest BCUT2D eigenvalue weighted by atomic mass is 10.3. The van der Waals surface area contributed by atoms with Crippen LogP contribution in [0.5, 0.6) is 5.75 Å². The summed E-state index contributed by atoms with van der Waals surface area (Å²) in [6.45, 7) is 0. The minimum absolute atomic E-state index is 0.154. The summed E-state index contributed by atoms with van der Waals surface area (Å²) in [5, 5.41) is 4.10. The molecule has 2 N–H and O–H groups in total. The van der Waals surface area contributed by atoms with Gasteiger partial charge in [-0.2, -0.15) is 5.10 Å². The molecule has 2 rings (SSSR count). The summed E-state index contributed by atoms with van der Waals surface area (Å²) < 4.78 is 11.2. The van der Waals surface area contributed by atoms with Crippen LogP contribution in [0.3, 0.4) is 0 Å². The van der Waals surface area contributed by atoms with Crippen LogP contribution in [0.2, 0.25) is 0 Å². The molecule has 6 nitrogen and oxygen atoms in total. The maximum Gasteiger partial charge on any atom is 0.358 e. The molecule has 1 aromatic heterocycles. The Bertz CT molecular complexity index is 578. The Morgan fingerprint density at radius 2 is 2.06 bits per heavy atom. The number of aromatic nitrogens is 2. The third kappa shape index (κ3) is 2.00. The zero-order valence-electron chi connectivity index (χ0n) is 10.1. The second kappa shape index (κ2) is 4.79. The van der Waals surface area contributed by atoms with Crippen LogP contribution in [0.25, 0.3) is 5.69 Å². The molecule has 0 atom stereocenters. The third-order valence-corrected chi connectivity index (χ3v) is 2.44. The van der Waals surface area contributed by atoms with Crippen LogP contribution >= 0.6 is 0 Å². The van der Waals surface area contributed by atoms with Gasteiger partial charge < -0.3 is 15.2 Å². The Morgan fingerprint density at radius 3 is 2.72 bits per heavy atom. The molecule has 2 aromatic rings. The van der Waals surface area contributed by atoms with Crippen molar-refractivity contribution in [3.63, 3.8) is 0 Å². The zero-order chi connectivity index (χ0) is 13.1. The molecule has 6 heteroatoms. The van der Waals surface area contributed by atoms with E-state index in [1.54, 1.807) is 19.2 Å². The minimum Gasteiger partial charge on any atom is -0.494 e. The molecular formula is C12H13N3O3. The average molecular weight is 247 g/mol. The lowest BCUT2D eigenvalue weighted by molar-refractivity contribution is 0.0593. The topological polar surface area (TPSA) is 79.4 Å². The molecule has 0 saturated heterocycles. The molecule has 0 spiro atoms. The smallest absolute Gasteiger partial charge is 0.358 e. The molecular weight excluding hydrogens is 234 g/mol. The van der Waals surface area contributed by atoms with Gasteiger partial charge in [0.25, 0.3) is 0 Å². The van der Waals surface area contributed by atoms with E-state index >= 15 is 0 Å². The van der Waals surface area contributed by atoms with Gasteiger partial charge >= 0.3 is 5.97 Å². The molecule has 1 heterocycles. The van der Waals surface area contributed by atoms with Crippen molar-refractivity contribution in [2.75, 3.05) is 20.0 Å². The van der Waals surface area contributed by atoms with Crippen molar-refractivity contribution >= 4 is 11.8 Å². The van der Waals surface area contributed by atoms with E-state index in [1.807, 2.05) is 12.1 Å². The molecule has 0 fully saturated rings. The Morgan fingerprint density at radius 1 is 1.33 bits per heavy atom. The summed E-state index contributed by atoms with van der Waals surface area (Å²) in [6.07, 6.45) is 0. The fourth-order valence-electron chi connectivity index (χ4n) is 1.60. The van der Waals surface area contributed by atoms with Crippen LogP contribution in [-0.4, -0.2) is 30.0 Å². The molecule has 0 bridgehead atoms. The number of rotatable bonds is 3. The van der Waals surface area contributed by atoms with Crippen LogP contribution < -0.4 is 10.5 Å². The molecule has 0 unspecified atom stereocenters. The van der Waals surface area contributed by atoms with Gasteiger partial charge in [-0.15, -0.1) is 0 Å². The lowest BCUT2D eigenvalue weighted by Gasteiger charge is -2.08. The van der Waals surface area contributed by atoms with Gasteiger partial charge in [0.1, 0.15) is 17.3 Å². The molecule has 18 heavy (non-hydrogen) atoms. The molecule has 0 saturated carbocycles. The van der Waals surface area contributed by atoms with Crippen molar-refractivity contribution in [2.24, 2.45) is 0 Å². The van der Waals surface area contributed by atoms with Crippen LogP contribution in [0.1, 0.15) is 10.5 Å². The summed E-state index contributed by atoms with van der Waals surface area (Å²) in [4.78, 5) is 11.4. The molecule has 0 aliphatic heterocycles. The first-order chi connectivity index (χ1) is 8.67. The number of hydrogen-bond acceptors (Lipinski definition) is 5. The molecule has 94 valence electrons. The highest BCUT2D eigenvalue weighted by atomic mass is 16.5. The highest BCUT2D eigenvalue weighted by Gasteiger charge is 2.15. The van der Waals surface area contributed by atoms with E-state index in [9.17, 15) is 4.79 Å². The highest BCUT2D eigenvalue weighted by Crippen LogP contribution is 2.24. The number of anilines is 1. The first-order valence-corrected chi connectivity index (χ1v) is 5.24. The van der Waals surface area contributed by atoms with E-state index in [-0.39, 0.29) is 5.69 Å². The molecule has 0 aliphatic rings. The van der Waals surface area contributed by atoms with E-state index in [1.165, 1.54) is 17.9 Å². The van der Waals surface area contributed by atoms with Crippen molar-refractivity contribution in [3.8, 4) is 11.4 Å². The van der Waals surface area contributed by atoms with Crippen LogP contribution in [0, 0.1) is 0 Å². The van der Waals surface area contributed by atoms with Crippen molar-refractivity contribution in [1.82, 2.24) is 9.78 Å². The standard InChI is InChI=1S/C12H13N3O3/c1-17-10-6-4-3-5-9(10)15-11(13)7-8(14-15)12(16)18-2/h3-7H,13H2,1-2H3. The highest BCUT2D eigenvalue weighted by molar-refractivity contribution is 5.88. The van der Waals surface area contributed by atoms with Crippen molar-refractivity contribution < 1.29 is 14.3 Å². The normalized spacial score (nSPS) is 10.1. The number of esters is 1. The van der Waals surface area contributed by atoms with Gasteiger partial charge in [-0.25, -0.2) is 9.48 Å². The predicted octanol–water partition coefficient (Wildman–Crippen LogP) is 1.25.